The summed E-state index contributed by atoms with van der Waals surface area (Å²) in [5.41, 5.74) is 0.945. The van der Waals surface area contributed by atoms with Crippen molar-refractivity contribution in [3.63, 3.8) is 0 Å². The van der Waals surface area contributed by atoms with Gasteiger partial charge in [-0.2, -0.15) is 0 Å². The third kappa shape index (κ3) is 3.58. The molecule has 80 valence electrons. The van der Waals surface area contributed by atoms with Crippen molar-refractivity contribution < 1.29 is 5.11 Å². The first-order chi connectivity index (χ1) is 6.94. The average Bonchev–Trinajstić information content (AvgIpc) is 2.20. The van der Waals surface area contributed by atoms with Gasteiger partial charge in [-0.15, -0.1) is 0 Å². The molecule has 0 spiro atoms. The Labute approximate surface area is 96.1 Å². The predicted molar refractivity (Wildman–Crippen MR) is 64.0 cm³/mol. The van der Waals surface area contributed by atoms with Crippen LogP contribution in [0.1, 0.15) is 31.4 Å². The number of hydrogen-bond acceptors (Lipinski definition) is 1. The van der Waals surface area contributed by atoms with Crippen molar-refractivity contribution in [2.24, 2.45) is 0 Å². The second-order valence-electron chi connectivity index (χ2n) is 3.84. The highest BCUT2D eigenvalue weighted by Crippen LogP contribution is 2.16. The van der Waals surface area contributed by atoms with E-state index >= 15 is 0 Å². The Morgan fingerprint density at radius 3 is 2.67 bits per heavy atom. The summed E-state index contributed by atoms with van der Waals surface area (Å²) in [6.45, 7) is 5.55. The van der Waals surface area contributed by atoms with Crippen LogP contribution in [0.15, 0.2) is 18.2 Å². The Morgan fingerprint density at radius 1 is 1.47 bits per heavy atom. The quantitative estimate of drug-likeness (QED) is 0.724. The average molecular weight is 223 g/mol. The molecule has 1 aromatic carbocycles. The van der Waals surface area contributed by atoms with Gasteiger partial charge in [0.2, 0.25) is 0 Å². The van der Waals surface area contributed by atoms with Crippen LogP contribution in [0.4, 0.5) is 0 Å². The first-order valence-corrected chi connectivity index (χ1v) is 5.34. The lowest BCUT2D eigenvalue weighted by Crippen LogP contribution is -2.19. The van der Waals surface area contributed by atoms with Crippen molar-refractivity contribution in [2.75, 3.05) is 0 Å². The van der Waals surface area contributed by atoms with Gasteiger partial charge < -0.3 is 5.11 Å². The van der Waals surface area contributed by atoms with Crippen LogP contribution in [0.5, 0.6) is 0 Å². The van der Waals surface area contributed by atoms with Crippen LogP contribution in [0, 0.1) is 18.8 Å². The summed E-state index contributed by atoms with van der Waals surface area (Å²) in [6.07, 6.45) is 0.611. The standard InChI is InChI=1S/C13H15ClO/c1-4-13(3,15)8-7-11-6-5-10(2)12(14)9-11/h5-6,9,15H,4H2,1-3H3. The predicted octanol–water partition coefficient (Wildman–Crippen LogP) is 3.16. The molecule has 1 N–H and O–H groups in total. The maximum Gasteiger partial charge on any atom is 0.122 e. The van der Waals surface area contributed by atoms with E-state index in [9.17, 15) is 5.11 Å². The molecule has 0 fully saturated rings. The van der Waals surface area contributed by atoms with Crippen molar-refractivity contribution in [3.05, 3.63) is 34.3 Å². The van der Waals surface area contributed by atoms with Crippen molar-refractivity contribution in [2.45, 2.75) is 32.8 Å². The Morgan fingerprint density at radius 2 is 2.13 bits per heavy atom. The Balaban J connectivity index is 2.95. The molecular formula is C13H15ClO. The largest absolute Gasteiger partial charge is 0.378 e. The molecule has 1 rings (SSSR count). The van der Waals surface area contributed by atoms with Crippen LogP contribution < -0.4 is 0 Å². The lowest BCUT2D eigenvalue weighted by atomic mass is 10.0. The molecule has 1 unspecified atom stereocenters. The molecule has 0 radical (unpaired) electrons. The summed E-state index contributed by atoms with van der Waals surface area (Å²) in [5, 5.41) is 10.4. The number of aryl methyl sites for hydroxylation is 1. The van der Waals surface area contributed by atoms with E-state index in [1.54, 1.807) is 6.92 Å². The van der Waals surface area contributed by atoms with Crippen molar-refractivity contribution in [1.82, 2.24) is 0 Å². The first kappa shape index (κ1) is 12.1. The molecule has 0 heterocycles. The maximum absolute atomic E-state index is 9.70. The zero-order valence-corrected chi connectivity index (χ0v) is 10.0. The molecule has 15 heavy (non-hydrogen) atoms. The summed E-state index contributed by atoms with van der Waals surface area (Å²) in [6, 6.07) is 5.64. The second-order valence-corrected chi connectivity index (χ2v) is 4.25. The lowest BCUT2D eigenvalue weighted by molar-refractivity contribution is 0.118. The Hall–Kier alpha value is -0.970. The van der Waals surface area contributed by atoms with Gasteiger partial charge in [-0.1, -0.05) is 36.4 Å². The molecule has 1 atom stereocenters. The molecule has 2 heteroatoms. The number of halogens is 1. The topological polar surface area (TPSA) is 20.2 Å². The third-order valence-electron chi connectivity index (χ3n) is 2.34. The minimum absolute atomic E-state index is 0.611. The Bertz CT molecular complexity index is 410. The van der Waals surface area contributed by atoms with Gasteiger partial charge in [0.1, 0.15) is 5.60 Å². The van der Waals surface area contributed by atoms with Gasteiger partial charge in [-0.3, -0.25) is 0 Å². The minimum Gasteiger partial charge on any atom is -0.378 e. The number of benzene rings is 1. The van der Waals surface area contributed by atoms with Gasteiger partial charge in [0.15, 0.2) is 0 Å². The van der Waals surface area contributed by atoms with Gasteiger partial charge in [-0.25, -0.2) is 0 Å². The molecule has 0 saturated heterocycles. The SMILES string of the molecule is CCC(C)(O)C#Cc1ccc(C)c(Cl)c1. The zero-order valence-electron chi connectivity index (χ0n) is 9.26. The second kappa shape index (κ2) is 4.70. The molecule has 0 bridgehead atoms. The number of aliphatic hydroxyl groups is 1. The van der Waals surface area contributed by atoms with Crippen molar-refractivity contribution in [3.8, 4) is 11.8 Å². The molecule has 0 aliphatic carbocycles. The van der Waals surface area contributed by atoms with Crippen LogP contribution in [-0.4, -0.2) is 10.7 Å². The molecule has 0 aliphatic heterocycles. The summed E-state index contributed by atoms with van der Waals surface area (Å²) >= 11 is 5.97. The van der Waals surface area contributed by atoms with Gasteiger partial charge in [-0.05, 0) is 38.0 Å². The van der Waals surface area contributed by atoms with E-state index in [1.165, 1.54) is 0 Å². The van der Waals surface area contributed by atoms with Crippen molar-refractivity contribution >= 4 is 11.6 Å². The highest BCUT2D eigenvalue weighted by atomic mass is 35.5. The van der Waals surface area contributed by atoms with Crippen LogP contribution in [0.3, 0.4) is 0 Å². The molecule has 1 nitrogen and oxygen atoms in total. The minimum atomic E-state index is -0.919. The van der Waals surface area contributed by atoms with Crippen LogP contribution in [0.25, 0.3) is 0 Å². The summed E-state index contributed by atoms with van der Waals surface area (Å²) in [7, 11) is 0. The fourth-order valence-electron chi connectivity index (χ4n) is 0.966. The summed E-state index contributed by atoms with van der Waals surface area (Å²) in [4.78, 5) is 0. The normalized spacial score (nSPS) is 13.9. The third-order valence-corrected chi connectivity index (χ3v) is 2.74. The summed E-state index contributed by atoms with van der Waals surface area (Å²) in [5.74, 6) is 5.74. The first-order valence-electron chi connectivity index (χ1n) is 4.96. The molecule has 0 aliphatic rings. The van der Waals surface area contributed by atoms with E-state index in [2.05, 4.69) is 11.8 Å². The molecule has 1 aromatic rings. The molecule has 0 amide bonds. The van der Waals surface area contributed by atoms with Crippen molar-refractivity contribution in [1.29, 1.82) is 0 Å². The summed E-state index contributed by atoms with van der Waals surface area (Å²) < 4.78 is 0. The molecule has 0 aromatic heterocycles. The van der Waals surface area contributed by atoms with Gasteiger partial charge in [0, 0.05) is 10.6 Å². The number of hydrogen-bond donors (Lipinski definition) is 1. The highest BCUT2D eigenvalue weighted by Gasteiger charge is 2.12. The van der Waals surface area contributed by atoms with E-state index < -0.39 is 5.60 Å². The molecule has 0 saturated carbocycles. The van der Waals surface area contributed by atoms with E-state index in [-0.39, 0.29) is 0 Å². The smallest absolute Gasteiger partial charge is 0.122 e. The van der Waals surface area contributed by atoms with Gasteiger partial charge in [0.25, 0.3) is 0 Å². The molecular weight excluding hydrogens is 208 g/mol. The van der Waals surface area contributed by atoms with Gasteiger partial charge >= 0.3 is 0 Å². The van der Waals surface area contributed by atoms with Crippen LogP contribution >= 0.6 is 11.6 Å². The highest BCUT2D eigenvalue weighted by molar-refractivity contribution is 6.31. The zero-order chi connectivity index (χ0) is 11.5. The van der Waals surface area contributed by atoms with Crippen LogP contribution in [-0.2, 0) is 0 Å². The van der Waals surface area contributed by atoms with Crippen LogP contribution in [0.2, 0.25) is 5.02 Å². The van der Waals surface area contributed by atoms with E-state index in [4.69, 9.17) is 11.6 Å². The monoisotopic (exact) mass is 222 g/mol. The fraction of sp³-hybridized carbons (Fsp3) is 0.385. The number of rotatable bonds is 1. The van der Waals surface area contributed by atoms with E-state index in [0.717, 1.165) is 11.1 Å². The maximum atomic E-state index is 9.70. The van der Waals surface area contributed by atoms with Gasteiger partial charge in [0.05, 0.1) is 0 Å². The Kier molecular flexibility index (Phi) is 3.79. The van der Waals surface area contributed by atoms with E-state index in [0.29, 0.717) is 11.4 Å². The fourth-order valence-corrected chi connectivity index (χ4v) is 1.15. The van der Waals surface area contributed by atoms with E-state index in [1.807, 2.05) is 32.0 Å². The lowest BCUT2D eigenvalue weighted by Gasteiger charge is -2.11.